The van der Waals surface area contributed by atoms with Crippen LogP contribution in [0.15, 0.2) is 30.6 Å². The van der Waals surface area contributed by atoms with Gasteiger partial charge in [0.15, 0.2) is 11.5 Å². The number of rotatable bonds is 3. The lowest BCUT2D eigenvalue weighted by molar-refractivity contribution is 0.174. The summed E-state index contributed by atoms with van der Waals surface area (Å²) in [5.74, 6) is 2.41. The Kier molecular flexibility index (Phi) is 2.70. The number of nitrogens with zero attached hydrogens (tertiary/aromatic N) is 2. The van der Waals surface area contributed by atoms with E-state index in [1.807, 2.05) is 0 Å². The maximum Gasteiger partial charge on any atom is 0.237 e. The zero-order valence-electron chi connectivity index (χ0n) is 9.50. The van der Waals surface area contributed by atoms with Crippen molar-refractivity contribution in [2.75, 3.05) is 6.79 Å². The highest BCUT2D eigenvalue weighted by Gasteiger charge is 2.14. The van der Waals surface area contributed by atoms with Gasteiger partial charge in [-0.25, -0.2) is 4.98 Å². The van der Waals surface area contributed by atoms with Crippen LogP contribution in [-0.2, 0) is 6.54 Å². The van der Waals surface area contributed by atoms with E-state index in [0.717, 1.165) is 0 Å². The van der Waals surface area contributed by atoms with Gasteiger partial charge in [0.1, 0.15) is 5.75 Å². The third-order valence-corrected chi connectivity index (χ3v) is 2.46. The molecule has 3 rings (SSSR count). The molecule has 0 spiro atoms. The summed E-state index contributed by atoms with van der Waals surface area (Å²) in [6.07, 6.45) is 3.12. The average molecular weight is 245 g/mol. The number of hydrogen-bond acceptors (Lipinski definition) is 6. The van der Waals surface area contributed by atoms with E-state index in [9.17, 15) is 0 Å². The quantitative estimate of drug-likeness (QED) is 0.881. The van der Waals surface area contributed by atoms with E-state index in [4.69, 9.17) is 19.9 Å². The fourth-order valence-corrected chi connectivity index (χ4v) is 1.56. The SMILES string of the molecule is NCc1cnc(Oc2ccc3c(c2)OCO3)cn1. The molecule has 6 heteroatoms. The minimum atomic E-state index is 0.240. The smallest absolute Gasteiger partial charge is 0.237 e. The van der Waals surface area contributed by atoms with Gasteiger partial charge < -0.3 is 19.9 Å². The normalized spacial score (nSPS) is 12.5. The molecule has 0 fully saturated rings. The van der Waals surface area contributed by atoms with Gasteiger partial charge in [-0.15, -0.1) is 0 Å². The minimum Gasteiger partial charge on any atom is -0.454 e. The maximum absolute atomic E-state index is 5.55. The van der Waals surface area contributed by atoms with Crippen molar-refractivity contribution < 1.29 is 14.2 Å². The fraction of sp³-hybridized carbons (Fsp3) is 0.167. The molecule has 2 aromatic rings. The molecular formula is C12H11N3O3. The highest BCUT2D eigenvalue weighted by Crippen LogP contribution is 2.36. The second-order valence-electron chi connectivity index (χ2n) is 3.67. The van der Waals surface area contributed by atoms with Crippen LogP contribution >= 0.6 is 0 Å². The van der Waals surface area contributed by atoms with Gasteiger partial charge in [0, 0.05) is 12.6 Å². The monoisotopic (exact) mass is 245 g/mol. The number of nitrogens with two attached hydrogens (primary N) is 1. The molecule has 0 saturated heterocycles. The second-order valence-corrected chi connectivity index (χ2v) is 3.67. The molecule has 0 atom stereocenters. The molecule has 2 N–H and O–H groups in total. The zero-order chi connectivity index (χ0) is 12.4. The summed E-state index contributed by atoms with van der Waals surface area (Å²) in [4.78, 5) is 8.20. The van der Waals surface area contributed by atoms with Crippen molar-refractivity contribution in [3.8, 4) is 23.1 Å². The minimum absolute atomic E-state index is 0.240. The van der Waals surface area contributed by atoms with Crippen LogP contribution in [-0.4, -0.2) is 16.8 Å². The van der Waals surface area contributed by atoms with Gasteiger partial charge >= 0.3 is 0 Å². The Hall–Kier alpha value is -2.34. The van der Waals surface area contributed by atoms with E-state index in [1.165, 1.54) is 6.20 Å². The third-order valence-electron chi connectivity index (χ3n) is 2.46. The molecule has 92 valence electrons. The van der Waals surface area contributed by atoms with Crippen molar-refractivity contribution in [3.05, 3.63) is 36.3 Å². The van der Waals surface area contributed by atoms with Crippen LogP contribution in [0.2, 0.25) is 0 Å². The largest absolute Gasteiger partial charge is 0.454 e. The summed E-state index contributed by atoms with van der Waals surface area (Å²) in [6, 6.07) is 5.33. The topological polar surface area (TPSA) is 79.5 Å². The molecule has 0 unspecified atom stereocenters. The Morgan fingerprint density at radius 3 is 2.83 bits per heavy atom. The number of fused-ring (bicyclic) bond motifs is 1. The van der Waals surface area contributed by atoms with Crippen molar-refractivity contribution in [3.63, 3.8) is 0 Å². The van der Waals surface area contributed by atoms with Crippen LogP contribution in [0.4, 0.5) is 0 Å². The Labute approximate surface area is 103 Å². The summed E-state index contributed by atoms with van der Waals surface area (Å²) < 4.78 is 16.0. The first-order valence-electron chi connectivity index (χ1n) is 5.43. The lowest BCUT2D eigenvalue weighted by Gasteiger charge is -2.05. The number of aromatic nitrogens is 2. The number of benzene rings is 1. The Bertz CT molecular complexity index is 557. The Balaban J connectivity index is 1.79. The molecule has 1 aromatic heterocycles. The highest BCUT2D eigenvalue weighted by atomic mass is 16.7. The molecule has 6 nitrogen and oxygen atoms in total. The van der Waals surface area contributed by atoms with Crippen LogP contribution in [0.5, 0.6) is 23.1 Å². The van der Waals surface area contributed by atoms with Gasteiger partial charge in [-0.05, 0) is 12.1 Å². The Morgan fingerprint density at radius 1 is 1.17 bits per heavy atom. The molecule has 1 aromatic carbocycles. The summed E-state index contributed by atoms with van der Waals surface area (Å²) in [5.41, 5.74) is 6.16. The molecule has 1 aliphatic heterocycles. The van der Waals surface area contributed by atoms with Gasteiger partial charge in [0.25, 0.3) is 0 Å². The molecule has 0 saturated carbocycles. The summed E-state index contributed by atoms with van der Waals surface area (Å²) in [6.45, 7) is 0.598. The van der Waals surface area contributed by atoms with E-state index < -0.39 is 0 Å². The third kappa shape index (κ3) is 2.05. The van der Waals surface area contributed by atoms with Crippen LogP contribution in [0, 0.1) is 0 Å². The predicted octanol–water partition coefficient (Wildman–Crippen LogP) is 1.46. The van der Waals surface area contributed by atoms with Gasteiger partial charge in [-0.2, -0.15) is 0 Å². The molecule has 2 heterocycles. The molecule has 0 amide bonds. The van der Waals surface area contributed by atoms with Crippen LogP contribution in [0.1, 0.15) is 5.69 Å². The van der Waals surface area contributed by atoms with E-state index in [-0.39, 0.29) is 6.79 Å². The lowest BCUT2D eigenvalue weighted by Crippen LogP contribution is -2.00. The van der Waals surface area contributed by atoms with Gasteiger partial charge in [-0.3, -0.25) is 4.98 Å². The van der Waals surface area contributed by atoms with Crippen molar-refractivity contribution in [1.29, 1.82) is 0 Å². The standard InChI is InChI=1S/C12H11N3O3/c13-4-8-5-15-12(6-14-8)18-9-1-2-10-11(3-9)17-7-16-10/h1-3,5-6H,4,7,13H2. The van der Waals surface area contributed by atoms with E-state index in [0.29, 0.717) is 35.4 Å². The maximum atomic E-state index is 5.55. The van der Waals surface area contributed by atoms with Crippen molar-refractivity contribution in [2.24, 2.45) is 5.73 Å². The first-order chi connectivity index (χ1) is 8.85. The van der Waals surface area contributed by atoms with Crippen molar-refractivity contribution >= 4 is 0 Å². The first-order valence-corrected chi connectivity index (χ1v) is 5.43. The number of ether oxygens (including phenoxy) is 3. The zero-order valence-corrected chi connectivity index (χ0v) is 9.50. The average Bonchev–Trinajstić information content (AvgIpc) is 2.87. The molecule has 1 aliphatic rings. The van der Waals surface area contributed by atoms with Gasteiger partial charge in [0.05, 0.1) is 18.1 Å². The van der Waals surface area contributed by atoms with E-state index >= 15 is 0 Å². The van der Waals surface area contributed by atoms with Crippen LogP contribution in [0.25, 0.3) is 0 Å². The van der Waals surface area contributed by atoms with E-state index in [2.05, 4.69) is 9.97 Å². The molecule has 0 aliphatic carbocycles. The van der Waals surface area contributed by atoms with Gasteiger partial charge in [-0.1, -0.05) is 0 Å². The summed E-state index contributed by atoms with van der Waals surface area (Å²) in [7, 11) is 0. The molecule has 0 radical (unpaired) electrons. The highest BCUT2D eigenvalue weighted by molar-refractivity contribution is 5.47. The van der Waals surface area contributed by atoms with Crippen molar-refractivity contribution in [1.82, 2.24) is 9.97 Å². The molecular weight excluding hydrogens is 234 g/mol. The Morgan fingerprint density at radius 2 is 2.06 bits per heavy atom. The predicted molar refractivity (Wildman–Crippen MR) is 62.6 cm³/mol. The second kappa shape index (κ2) is 4.50. The van der Waals surface area contributed by atoms with Gasteiger partial charge in [0.2, 0.25) is 12.7 Å². The molecule has 18 heavy (non-hydrogen) atoms. The summed E-state index contributed by atoms with van der Waals surface area (Å²) >= 11 is 0. The van der Waals surface area contributed by atoms with E-state index in [1.54, 1.807) is 24.4 Å². The fourth-order valence-electron chi connectivity index (χ4n) is 1.56. The van der Waals surface area contributed by atoms with Crippen LogP contribution < -0.4 is 19.9 Å². The number of hydrogen-bond donors (Lipinski definition) is 1. The first kappa shape index (κ1) is 10.8. The molecule has 0 bridgehead atoms. The van der Waals surface area contributed by atoms with Crippen molar-refractivity contribution in [2.45, 2.75) is 6.54 Å². The lowest BCUT2D eigenvalue weighted by atomic mass is 10.3. The van der Waals surface area contributed by atoms with Crippen LogP contribution in [0.3, 0.4) is 0 Å². The summed E-state index contributed by atoms with van der Waals surface area (Å²) in [5, 5.41) is 0.